The van der Waals surface area contributed by atoms with Gasteiger partial charge in [-0.05, 0) is 12.8 Å². The zero-order valence-electron chi connectivity index (χ0n) is 6.10. The van der Waals surface area contributed by atoms with Crippen molar-refractivity contribution in [2.24, 2.45) is 0 Å². The van der Waals surface area contributed by atoms with Crippen molar-refractivity contribution >= 4 is 18.2 Å². The molecule has 1 aliphatic heterocycles. The summed E-state index contributed by atoms with van der Waals surface area (Å²) in [5.41, 5.74) is -0.115. The van der Waals surface area contributed by atoms with E-state index < -0.39 is 6.17 Å². The summed E-state index contributed by atoms with van der Waals surface area (Å²) in [4.78, 5) is 10.8. The van der Waals surface area contributed by atoms with Crippen molar-refractivity contribution in [3.05, 3.63) is 0 Å². The average molecular weight is 180 g/mol. The molecule has 1 aliphatic carbocycles. The van der Waals surface area contributed by atoms with Crippen LogP contribution >= 0.6 is 12.4 Å². The van der Waals surface area contributed by atoms with Gasteiger partial charge in [0.15, 0.2) is 0 Å². The molecule has 1 saturated carbocycles. The number of carbonyl (C=O) groups excluding carboxylic acids is 1. The monoisotopic (exact) mass is 179 g/mol. The zero-order chi connectivity index (χ0) is 7.19. The highest BCUT2D eigenvalue weighted by atomic mass is 35.5. The maximum Gasteiger partial charge on any atom is 0.148 e. The van der Waals surface area contributed by atoms with Gasteiger partial charge in [-0.15, -0.1) is 12.4 Å². The fourth-order valence-corrected chi connectivity index (χ4v) is 1.87. The molecule has 0 aromatic heterocycles. The van der Waals surface area contributed by atoms with Crippen LogP contribution in [0.3, 0.4) is 0 Å². The van der Waals surface area contributed by atoms with E-state index in [0.29, 0.717) is 25.8 Å². The van der Waals surface area contributed by atoms with Crippen molar-refractivity contribution in [1.82, 2.24) is 5.32 Å². The van der Waals surface area contributed by atoms with Crippen LogP contribution in [-0.4, -0.2) is 24.0 Å². The fraction of sp³-hybridized carbons (Fsp3) is 0.857. The number of Topliss-reactive ketones (excluding diaryl/α,β-unsaturated/α-hetero) is 1. The minimum Gasteiger partial charge on any atom is -0.304 e. The minimum absolute atomic E-state index is 0. The molecule has 0 atom stereocenters. The first-order valence-corrected chi connectivity index (χ1v) is 3.61. The van der Waals surface area contributed by atoms with Gasteiger partial charge in [0, 0.05) is 12.0 Å². The van der Waals surface area contributed by atoms with E-state index in [4.69, 9.17) is 0 Å². The second-order valence-electron chi connectivity index (χ2n) is 3.35. The number of hydrogen-bond acceptors (Lipinski definition) is 2. The number of rotatable bonds is 0. The van der Waals surface area contributed by atoms with E-state index in [1.807, 2.05) is 0 Å². The third kappa shape index (κ3) is 1.40. The summed E-state index contributed by atoms with van der Waals surface area (Å²) >= 11 is 0. The molecule has 2 aliphatic rings. The van der Waals surface area contributed by atoms with E-state index in [0.717, 1.165) is 0 Å². The van der Waals surface area contributed by atoms with Gasteiger partial charge in [-0.2, -0.15) is 0 Å². The van der Waals surface area contributed by atoms with Gasteiger partial charge in [-0.1, -0.05) is 0 Å². The van der Waals surface area contributed by atoms with E-state index in [2.05, 4.69) is 5.32 Å². The smallest absolute Gasteiger partial charge is 0.148 e. The molecule has 1 heterocycles. The third-order valence-corrected chi connectivity index (χ3v) is 2.42. The van der Waals surface area contributed by atoms with Crippen LogP contribution < -0.4 is 5.32 Å². The molecule has 0 amide bonds. The van der Waals surface area contributed by atoms with E-state index in [1.165, 1.54) is 0 Å². The van der Waals surface area contributed by atoms with Crippen LogP contribution in [0.25, 0.3) is 0 Å². The van der Waals surface area contributed by atoms with Crippen LogP contribution in [0, 0.1) is 0 Å². The van der Waals surface area contributed by atoms with Crippen molar-refractivity contribution in [1.29, 1.82) is 0 Å². The molecule has 1 saturated heterocycles. The first kappa shape index (κ1) is 8.94. The Morgan fingerprint density at radius 1 is 1.55 bits per heavy atom. The molecule has 2 rings (SSSR count). The number of halogens is 2. The molecular weight excluding hydrogens is 169 g/mol. The molecule has 0 unspecified atom stereocenters. The highest BCUT2D eigenvalue weighted by Gasteiger charge is 2.48. The van der Waals surface area contributed by atoms with E-state index >= 15 is 0 Å². The number of alkyl halides is 1. The number of hydrogen-bond donors (Lipinski definition) is 1. The number of ketones is 1. The van der Waals surface area contributed by atoms with Crippen LogP contribution in [-0.2, 0) is 4.79 Å². The standard InChI is InChI=1S/C7H10FNO.ClH/c8-5-1-7(2-5)3-6(10)4-9-7;/h5,9H,1-4H2;1H. The van der Waals surface area contributed by atoms with Gasteiger partial charge in [-0.25, -0.2) is 4.39 Å². The van der Waals surface area contributed by atoms with Crippen LogP contribution in [0.5, 0.6) is 0 Å². The predicted molar refractivity (Wildman–Crippen MR) is 41.7 cm³/mol. The third-order valence-electron chi connectivity index (χ3n) is 2.42. The van der Waals surface area contributed by atoms with Crippen LogP contribution in [0.15, 0.2) is 0 Å². The summed E-state index contributed by atoms with van der Waals surface area (Å²) in [5, 5.41) is 3.06. The van der Waals surface area contributed by atoms with Gasteiger partial charge < -0.3 is 5.32 Å². The van der Waals surface area contributed by atoms with E-state index in [9.17, 15) is 9.18 Å². The highest BCUT2D eigenvalue weighted by Crippen LogP contribution is 2.39. The molecule has 0 aromatic rings. The maximum absolute atomic E-state index is 12.4. The van der Waals surface area contributed by atoms with Crippen molar-refractivity contribution in [3.63, 3.8) is 0 Å². The zero-order valence-corrected chi connectivity index (χ0v) is 6.92. The summed E-state index contributed by atoms with van der Waals surface area (Å²) in [6.45, 7) is 0.451. The van der Waals surface area contributed by atoms with Crippen molar-refractivity contribution in [2.75, 3.05) is 6.54 Å². The first-order valence-electron chi connectivity index (χ1n) is 3.61. The first-order chi connectivity index (χ1) is 4.70. The molecule has 4 heteroatoms. The van der Waals surface area contributed by atoms with Gasteiger partial charge in [0.1, 0.15) is 12.0 Å². The minimum atomic E-state index is -0.668. The molecule has 1 spiro atoms. The molecule has 0 radical (unpaired) electrons. The Bertz CT molecular complexity index is 179. The molecule has 2 nitrogen and oxygen atoms in total. The largest absolute Gasteiger partial charge is 0.304 e. The second-order valence-corrected chi connectivity index (χ2v) is 3.35. The van der Waals surface area contributed by atoms with E-state index in [1.54, 1.807) is 0 Å². The Labute approximate surface area is 70.9 Å². The molecule has 11 heavy (non-hydrogen) atoms. The van der Waals surface area contributed by atoms with Crippen LogP contribution in [0.2, 0.25) is 0 Å². The summed E-state index contributed by atoms with van der Waals surface area (Å²) < 4.78 is 12.4. The maximum atomic E-state index is 12.4. The lowest BCUT2D eigenvalue weighted by Gasteiger charge is -2.40. The Morgan fingerprint density at radius 2 is 2.18 bits per heavy atom. The summed E-state index contributed by atoms with van der Waals surface area (Å²) in [6, 6.07) is 0. The Kier molecular flexibility index (Phi) is 2.21. The van der Waals surface area contributed by atoms with Crippen LogP contribution in [0.4, 0.5) is 4.39 Å². The Morgan fingerprint density at radius 3 is 2.55 bits per heavy atom. The quantitative estimate of drug-likeness (QED) is 0.597. The summed E-state index contributed by atoms with van der Waals surface area (Å²) in [7, 11) is 0. The molecular formula is C7H11ClFNO. The Balaban J connectivity index is 0.000000605. The topological polar surface area (TPSA) is 29.1 Å². The highest BCUT2D eigenvalue weighted by molar-refractivity contribution is 5.85. The van der Waals surface area contributed by atoms with Gasteiger partial charge in [0.25, 0.3) is 0 Å². The molecule has 2 fully saturated rings. The second kappa shape index (κ2) is 2.72. The van der Waals surface area contributed by atoms with Gasteiger partial charge in [0.05, 0.1) is 6.54 Å². The lowest BCUT2D eigenvalue weighted by Crippen LogP contribution is -2.52. The van der Waals surface area contributed by atoms with Crippen molar-refractivity contribution in [3.8, 4) is 0 Å². The van der Waals surface area contributed by atoms with Gasteiger partial charge >= 0.3 is 0 Å². The lowest BCUT2D eigenvalue weighted by molar-refractivity contribution is -0.117. The predicted octanol–water partition coefficient (Wildman–Crippen LogP) is 0.841. The molecule has 64 valence electrons. The van der Waals surface area contributed by atoms with Gasteiger partial charge in [0.2, 0.25) is 0 Å². The number of carbonyl (C=O) groups is 1. The molecule has 1 N–H and O–H groups in total. The number of nitrogens with one attached hydrogen (secondary N) is 1. The van der Waals surface area contributed by atoms with Crippen LogP contribution in [0.1, 0.15) is 19.3 Å². The Hall–Kier alpha value is -0.150. The SMILES string of the molecule is Cl.O=C1CNC2(C1)CC(F)C2. The summed E-state index contributed by atoms with van der Waals surface area (Å²) in [6.07, 6.45) is 0.962. The molecule has 0 bridgehead atoms. The van der Waals surface area contributed by atoms with Crippen molar-refractivity contribution < 1.29 is 9.18 Å². The summed E-state index contributed by atoms with van der Waals surface area (Å²) in [5.74, 6) is 0.229. The van der Waals surface area contributed by atoms with Gasteiger partial charge in [-0.3, -0.25) is 4.79 Å². The average Bonchev–Trinajstić information content (AvgIpc) is 2.10. The van der Waals surface area contributed by atoms with Crippen molar-refractivity contribution in [2.45, 2.75) is 31.0 Å². The molecule has 0 aromatic carbocycles. The fourth-order valence-electron chi connectivity index (χ4n) is 1.87. The van der Waals surface area contributed by atoms with E-state index in [-0.39, 0.29) is 23.7 Å². The lowest BCUT2D eigenvalue weighted by atomic mass is 9.74. The normalized spacial score (nSPS) is 41.9.